The van der Waals surface area contributed by atoms with Crippen molar-refractivity contribution in [2.75, 3.05) is 12.4 Å². The van der Waals surface area contributed by atoms with E-state index in [2.05, 4.69) is 10.4 Å². The van der Waals surface area contributed by atoms with Gasteiger partial charge >= 0.3 is 0 Å². The van der Waals surface area contributed by atoms with Crippen molar-refractivity contribution >= 4 is 17.6 Å². The van der Waals surface area contributed by atoms with Crippen molar-refractivity contribution in [1.82, 2.24) is 9.78 Å². The lowest BCUT2D eigenvalue weighted by Gasteiger charge is -2.60. The predicted molar refractivity (Wildman–Crippen MR) is 90.7 cm³/mol. The second-order valence-corrected chi connectivity index (χ2v) is 7.86. The Morgan fingerprint density at radius 3 is 2.56 bits per heavy atom. The third-order valence-corrected chi connectivity index (χ3v) is 6.04. The first kappa shape index (κ1) is 17.9. The SMILES string of the molecule is COCc1nn2c(c1C(N)=O)NC=CC2(C(N)=O)C1CC2(C1)CC(F)(F)C2. The summed E-state index contributed by atoms with van der Waals surface area (Å²) in [6.45, 7) is 0.0234. The molecule has 2 saturated carbocycles. The zero-order valence-corrected chi connectivity index (χ0v) is 14.8. The van der Waals surface area contributed by atoms with Gasteiger partial charge in [-0.2, -0.15) is 5.10 Å². The summed E-state index contributed by atoms with van der Waals surface area (Å²) in [6, 6.07) is 0. The van der Waals surface area contributed by atoms with Crippen LogP contribution in [0.2, 0.25) is 0 Å². The van der Waals surface area contributed by atoms with Gasteiger partial charge in [0.2, 0.25) is 11.8 Å². The Labute approximate surface area is 153 Å². The van der Waals surface area contributed by atoms with Crippen LogP contribution in [-0.4, -0.2) is 34.6 Å². The molecule has 1 aromatic rings. The smallest absolute Gasteiger partial charge is 0.254 e. The van der Waals surface area contributed by atoms with E-state index in [9.17, 15) is 18.4 Å². The van der Waals surface area contributed by atoms with Gasteiger partial charge in [0.15, 0.2) is 5.54 Å². The molecule has 2 amide bonds. The number of primary amides is 2. The van der Waals surface area contributed by atoms with Crippen molar-refractivity contribution < 1.29 is 23.1 Å². The fourth-order valence-corrected chi connectivity index (χ4v) is 5.01. The molecule has 0 aromatic carbocycles. The van der Waals surface area contributed by atoms with Crippen molar-refractivity contribution in [1.29, 1.82) is 0 Å². The highest BCUT2D eigenvalue weighted by Crippen LogP contribution is 2.67. The molecule has 4 rings (SSSR count). The summed E-state index contributed by atoms with van der Waals surface area (Å²) in [5, 5.41) is 7.29. The standard InChI is InChI=1S/C17H21F2N5O3/c1-27-6-10-11(12(20)25)13-22-3-2-17(14(21)26,24(13)23-10)9-4-15(5-9)7-16(18,19)8-15/h2-3,9,22H,4-8H2,1H3,(H2,20,25)(H2,21,26). The fourth-order valence-electron chi connectivity index (χ4n) is 5.01. The van der Waals surface area contributed by atoms with Gasteiger partial charge in [0.1, 0.15) is 17.1 Å². The molecule has 1 atom stereocenters. The predicted octanol–water partition coefficient (Wildman–Crippen LogP) is 1.07. The van der Waals surface area contributed by atoms with E-state index in [1.54, 1.807) is 6.08 Å². The van der Waals surface area contributed by atoms with Crippen molar-refractivity contribution in [3.63, 3.8) is 0 Å². The molecule has 27 heavy (non-hydrogen) atoms. The van der Waals surface area contributed by atoms with Crippen LogP contribution in [-0.2, 0) is 21.7 Å². The lowest BCUT2D eigenvalue weighted by Crippen LogP contribution is -2.63. The summed E-state index contributed by atoms with van der Waals surface area (Å²) < 4.78 is 33.1. The van der Waals surface area contributed by atoms with E-state index in [4.69, 9.17) is 16.2 Å². The van der Waals surface area contributed by atoms with Gasteiger partial charge in [-0.25, -0.2) is 13.5 Å². The minimum absolute atomic E-state index is 0.0234. The van der Waals surface area contributed by atoms with E-state index in [0.29, 0.717) is 12.8 Å². The van der Waals surface area contributed by atoms with Gasteiger partial charge in [0.05, 0.1) is 6.61 Å². The van der Waals surface area contributed by atoms with E-state index in [-0.39, 0.29) is 42.4 Å². The number of alkyl halides is 2. The molecule has 2 heterocycles. The Morgan fingerprint density at radius 2 is 2.04 bits per heavy atom. The second-order valence-electron chi connectivity index (χ2n) is 7.86. The molecule has 5 N–H and O–H groups in total. The molecule has 1 spiro atoms. The van der Waals surface area contributed by atoms with E-state index in [1.165, 1.54) is 18.0 Å². The first-order valence-corrected chi connectivity index (χ1v) is 8.67. The number of aromatic nitrogens is 2. The lowest BCUT2D eigenvalue weighted by molar-refractivity contribution is -0.216. The number of fused-ring (bicyclic) bond motifs is 1. The molecular formula is C17H21F2N5O3. The summed E-state index contributed by atoms with van der Waals surface area (Å²) in [6.07, 6.45) is 3.67. The maximum Gasteiger partial charge on any atom is 0.254 e. The number of nitrogens with one attached hydrogen (secondary N) is 1. The van der Waals surface area contributed by atoms with Crippen LogP contribution in [0.15, 0.2) is 12.3 Å². The van der Waals surface area contributed by atoms with Crippen molar-refractivity contribution in [2.45, 2.75) is 43.8 Å². The van der Waals surface area contributed by atoms with E-state index in [1.807, 2.05) is 0 Å². The van der Waals surface area contributed by atoms with Gasteiger partial charge < -0.3 is 21.5 Å². The Bertz CT molecular complexity index is 849. The molecule has 10 heteroatoms. The van der Waals surface area contributed by atoms with E-state index in [0.717, 1.165) is 0 Å². The topological polar surface area (TPSA) is 125 Å². The molecule has 2 aliphatic carbocycles. The second kappa shape index (κ2) is 5.51. The van der Waals surface area contributed by atoms with Gasteiger partial charge in [-0.1, -0.05) is 0 Å². The molecule has 0 saturated heterocycles. The highest BCUT2D eigenvalue weighted by molar-refractivity contribution is 6.00. The number of hydrogen-bond donors (Lipinski definition) is 3. The number of anilines is 1. The molecule has 3 aliphatic rings. The van der Waals surface area contributed by atoms with Crippen LogP contribution < -0.4 is 16.8 Å². The van der Waals surface area contributed by atoms with Crippen molar-refractivity contribution in [3.05, 3.63) is 23.5 Å². The number of nitrogens with zero attached hydrogens (tertiary/aromatic N) is 2. The van der Waals surface area contributed by atoms with Gasteiger partial charge in [-0.15, -0.1) is 0 Å². The highest BCUT2D eigenvalue weighted by Gasteiger charge is 2.66. The highest BCUT2D eigenvalue weighted by atomic mass is 19.3. The number of methoxy groups -OCH3 is 1. The van der Waals surface area contributed by atoms with Crippen LogP contribution in [0.5, 0.6) is 0 Å². The third kappa shape index (κ3) is 2.39. The van der Waals surface area contributed by atoms with Crippen LogP contribution in [0.3, 0.4) is 0 Å². The number of halogens is 2. The average Bonchev–Trinajstić information content (AvgIpc) is 2.88. The van der Waals surface area contributed by atoms with Gasteiger partial charge in [0, 0.05) is 26.2 Å². The number of carbonyl (C=O) groups is 2. The number of ether oxygens (including phenoxy) is 1. The van der Waals surface area contributed by atoms with Crippen LogP contribution in [0, 0.1) is 11.3 Å². The average molecular weight is 381 g/mol. The van der Waals surface area contributed by atoms with Crippen LogP contribution in [0.1, 0.15) is 41.7 Å². The minimum atomic E-state index is -2.63. The summed E-state index contributed by atoms with van der Waals surface area (Å²) in [5.74, 6) is -4.03. The Hall–Kier alpha value is -2.49. The number of rotatable bonds is 5. The summed E-state index contributed by atoms with van der Waals surface area (Å²) in [7, 11) is 1.45. The monoisotopic (exact) mass is 381 g/mol. The zero-order valence-electron chi connectivity index (χ0n) is 14.8. The van der Waals surface area contributed by atoms with Crippen LogP contribution in [0.4, 0.5) is 14.6 Å². The van der Waals surface area contributed by atoms with E-state index >= 15 is 0 Å². The molecule has 0 bridgehead atoms. The van der Waals surface area contributed by atoms with Gasteiger partial charge in [0.25, 0.3) is 5.91 Å². The molecule has 2 fully saturated rings. The minimum Gasteiger partial charge on any atom is -0.378 e. The first-order chi connectivity index (χ1) is 12.6. The first-order valence-electron chi connectivity index (χ1n) is 8.67. The molecule has 1 aliphatic heterocycles. The summed E-state index contributed by atoms with van der Waals surface area (Å²) in [4.78, 5) is 24.5. The summed E-state index contributed by atoms with van der Waals surface area (Å²) in [5.41, 5.74) is 9.88. The Balaban J connectivity index is 1.74. The quantitative estimate of drug-likeness (QED) is 0.704. The lowest BCUT2D eigenvalue weighted by atomic mass is 9.46. The van der Waals surface area contributed by atoms with Gasteiger partial charge in [-0.3, -0.25) is 9.59 Å². The number of hydrogen-bond acceptors (Lipinski definition) is 5. The fraction of sp³-hybridized carbons (Fsp3) is 0.588. The molecule has 1 aromatic heterocycles. The summed E-state index contributed by atoms with van der Waals surface area (Å²) >= 11 is 0. The maximum absolute atomic E-state index is 13.3. The normalized spacial score (nSPS) is 27.4. The number of amides is 2. The third-order valence-electron chi connectivity index (χ3n) is 6.04. The molecule has 146 valence electrons. The molecule has 0 radical (unpaired) electrons. The molecule has 8 nitrogen and oxygen atoms in total. The Morgan fingerprint density at radius 1 is 1.37 bits per heavy atom. The number of carbonyl (C=O) groups excluding carboxylic acids is 2. The van der Waals surface area contributed by atoms with E-state index < -0.39 is 28.7 Å². The van der Waals surface area contributed by atoms with Crippen LogP contribution >= 0.6 is 0 Å². The Kier molecular flexibility index (Phi) is 3.65. The number of nitrogens with two attached hydrogens (primary N) is 2. The molecule has 1 unspecified atom stereocenters. The molecular weight excluding hydrogens is 360 g/mol. The maximum atomic E-state index is 13.3. The van der Waals surface area contributed by atoms with Gasteiger partial charge in [-0.05, 0) is 30.3 Å². The zero-order chi connectivity index (χ0) is 19.6. The van der Waals surface area contributed by atoms with Crippen molar-refractivity contribution in [3.8, 4) is 0 Å². The van der Waals surface area contributed by atoms with Crippen LogP contribution in [0.25, 0.3) is 0 Å². The van der Waals surface area contributed by atoms with Crippen molar-refractivity contribution in [2.24, 2.45) is 22.8 Å². The largest absolute Gasteiger partial charge is 0.378 e.